The highest BCUT2D eigenvalue weighted by Crippen LogP contribution is 2.18. The van der Waals surface area contributed by atoms with Crippen LogP contribution in [0.1, 0.15) is 34.6 Å². The number of carbonyl (C=O) groups excluding carboxylic acids is 1. The van der Waals surface area contributed by atoms with Gasteiger partial charge in [0.05, 0.1) is 24.0 Å². The lowest BCUT2D eigenvalue weighted by molar-refractivity contribution is 0.0951. The van der Waals surface area contributed by atoms with Gasteiger partial charge in [0.1, 0.15) is 0 Å². The molecule has 0 saturated carbocycles. The second-order valence-electron chi connectivity index (χ2n) is 7.45. The highest BCUT2D eigenvalue weighted by atomic mass is 32.1. The number of fused-ring (bicyclic) bond motifs is 1. The number of amides is 1. The molecule has 4 rings (SSSR count). The molecule has 2 aromatic heterocycles. The lowest BCUT2D eigenvalue weighted by atomic mass is 10.1. The lowest BCUT2D eigenvalue weighted by Gasteiger charge is -2.24. The number of anilines is 1. The number of hydrogen-bond acceptors (Lipinski definition) is 5. The van der Waals surface area contributed by atoms with Crippen LogP contribution >= 0.6 is 11.3 Å². The van der Waals surface area contributed by atoms with Crippen molar-refractivity contribution in [3.63, 3.8) is 0 Å². The average molecular weight is 447 g/mol. The largest absolute Gasteiger partial charge is 0.347 e. The molecule has 0 unspecified atom stereocenters. The molecule has 0 fully saturated rings. The Labute approximate surface area is 191 Å². The Balaban J connectivity index is 1.73. The summed E-state index contributed by atoms with van der Waals surface area (Å²) in [6, 6.07) is 19.0. The van der Waals surface area contributed by atoms with E-state index in [-0.39, 0.29) is 11.5 Å². The first kappa shape index (κ1) is 21.8. The standard InChI is InChI=1S/C25H26N4O2S/c1-3-28(4-2)25-27-22-15-19(23(30)26-16-20-11-8-14-32-20)12-13-21(22)24(31)29(25)17-18-9-6-5-7-10-18/h5-15H,3-4,16-17H2,1-2H3,(H,26,30). The highest BCUT2D eigenvalue weighted by Gasteiger charge is 2.17. The minimum Gasteiger partial charge on any atom is -0.347 e. The van der Waals surface area contributed by atoms with Crippen molar-refractivity contribution in [1.29, 1.82) is 0 Å². The molecule has 7 heteroatoms. The lowest BCUT2D eigenvalue weighted by Crippen LogP contribution is -2.33. The van der Waals surface area contributed by atoms with Crippen molar-refractivity contribution in [1.82, 2.24) is 14.9 Å². The minimum absolute atomic E-state index is 0.105. The van der Waals surface area contributed by atoms with Gasteiger partial charge in [-0.1, -0.05) is 36.4 Å². The molecule has 164 valence electrons. The van der Waals surface area contributed by atoms with Crippen molar-refractivity contribution in [2.45, 2.75) is 26.9 Å². The first-order chi connectivity index (χ1) is 15.6. The Morgan fingerprint density at radius 3 is 2.53 bits per heavy atom. The molecule has 0 aliphatic heterocycles. The van der Waals surface area contributed by atoms with Crippen LogP contribution in [-0.2, 0) is 13.1 Å². The zero-order valence-corrected chi connectivity index (χ0v) is 19.1. The molecular weight excluding hydrogens is 420 g/mol. The Hall–Kier alpha value is -3.45. The number of benzene rings is 2. The molecule has 0 radical (unpaired) electrons. The van der Waals surface area contributed by atoms with Gasteiger partial charge in [-0.15, -0.1) is 11.3 Å². The maximum absolute atomic E-state index is 13.4. The van der Waals surface area contributed by atoms with E-state index in [0.717, 1.165) is 23.5 Å². The molecule has 0 spiro atoms. The second-order valence-corrected chi connectivity index (χ2v) is 8.49. The van der Waals surface area contributed by atoms with E-state index in [4.69, 9.17) is 4.98 Å². The van der Waals surface area contributed by atoms with E-state index in [0.29, 0.717) is 35.5 Å². The topological polar surface area (TPSA) is 67.2 Å². The first-order valence-corrected chi connectivity index (χ1v) is 11.6. The number of aromatic nitrogens is 2. The minimum atomic E-state index is -0.181. The molecule has 2 aromatic carbocycles. The highest BCUT2D eigenvalue weighted by molar-refractivity contribution is 7.09. The van der Waals surface area contributed by atoms with Crippen LogP contribution in [-0.4, -0.2) is 28.5 Å². The molecule has 0 aliphatic rings. The third-order valence-electron chi connectivity index (χ3n) is 5.43. The number of nitrogens with zero attached hydrogens (tertiary/aromatic N) is 3. The smallest absolute Gasteiger partial charge is 0.263 e. The number of thiophene rings is 1. The summed E-state index contributed by atoms with van der Waals surface area (Å²) >= 11 is 1.60. The second kappa shape index (κ2) is 9.78. The van der Waals surface area contributed by atoms with E-state index in [9.17, 15) is 9.59 Å². The van der Waals surface area contributed by atoms with Gasteiger partial charge in [0, 0.05) is 23.5 Å². The molecule has 1 N–H and O–H groups in total. The third kappa shape index (κ3) is 4.57. The van der Waals surface area contributed by atoms with Crippen LogP contribution in [0.15, 0.2) is 70.8 Å². The molecule has 32 heavy (non-hydrogen) atoms. The molecule has 1 amide bonds. The fourth-order valence-corrected chi connectivity index (χ4v) is 4.33. The maximum atomic E-state index is 13.4. The van der Waals surface area contributed by atoms with Gasteiger partial charge in [0.15, 0.2) is 0 Å². The summed E-state index contributed by atoms with van der Waals surface area (Å²) in [5.41, 5.74) is 1.96. The maximum Gasteiger partial charge on any atom is 0.263 e. The van der Waals surface area contributed by atoms with Gasteiger partial charge in [-0.25, -0.2) is 4.98 Å². The van der Waals surface area contributed by atoms with Gasteiger partial charge in [-0.05, 0) is 49.1 Å². The third-order valence-corrected chi connectivity index (χ3v) is 6.31. The van der Waals surface area contributed by atoms with Crippen molar-refractivity contribution < 1.29 is 4.79 Å². The summed E-state index contributed by atoms with van der Waals surface area (Å²) in [5, 5.41) is 5.42. The molecule has 2 heterocycles. The van der Waals surface area contributed by atoms with Gasteiger partial charge < -0.3 is 10.2 Å². The monoisotopic (exact) mass is 446 g/mol. The van der Waals surface area contributed by atoms with Crippen molar-refractivity contribution in [3.8, 4) is 0 Å². The molecule has 0 saturated heterocycles. The molecule has 0 atom stereocenters. The summed E-state index contributed by atoms with van der Waals surface area (Å²) in [6.45, 7) is 6.46. The van der Waals surface area contributed by atoms with E-state index >= 15 is 0 Å². The van der Waals surface area contributed by atoms with E-state index in [1.54, 1.807) is 34.1 Å². The Morgan fingerprint density at radius 2 is 1.84 bits per heavy atom. The number of hydrogen-bond donors (Lipinski definition) is 1. The summed E-state index contributed by atoms with van der Waals surface area (Å²) in [6.07, 6.45) is 0. The van der Waals surface area contributed by atoms with Gasteiger partial charge in [0.25, 0.3) is 11.5 Å². The van der Waals surface area contributed by atoms with E-state index in [1.807, 2.05) is 61.7 Å². The van der Waals surface area contributed by atoms with Crippen molar-refractivity contribution >= 4 is 34.1 Å². The molecule has 4 aromatic rings. The van der Waals surface area contributed by atoms with Crippen LogP contribution in [0.5, 0.6) is 0 Å². The van der Waals surface area contributed by atoms with Crippen LogP contribution < -0.4 is 15.8 Å². The Kier molecular flexibility index (Phi) is 6.66. The summed E-state index contributed by atoms with van der Waals surface area (Å²) in [4.78, 5) is 34.1. The predicted molar refractivity (Wildman–Crippen MR) is 131 cm³/mol. The Morgan fingerprint density at radius 1 is 1.06 bits per heavy atom. The number of rotatable bonds is 8. The normalized spacial score (nSPS) is 10.9. The molecule has 0 bridgehead atoms. The van der Waals surface area contributed by atoms with Crippen LogP contribution in [0.4, 0.5) is 5.95 Å². The fourth-order valence-electron chi connectivity index (χ4n) is 3.69. The SMILES string of the molecule is CCN(CC)c1nc2cc(C(=O)NCc3cccs3)ccc2c(=O)n1Cc1ccccc1. The first-order valence-electron chi connectivity index (χ1n) is 10.7. The van der Waals surface area contributed by atoms with Crippen molar-refractivity contribution in [3.05, 3.63) is 92.4 Å². The van der Waals surface area contributed by atoms with Gasteiger partial charge in [-0.3, -0.25) is 14.2 Å². The van der Waals surface area contributed by atoms with E-state index < -0.39 is 0 Å². The zero-order valence-electron chi connectivity index (χ0n) is 18.2. The quantitative estimate of drug-likeness (QED) is 0.439. The van der Waals surface area contributed by atoms with Gasteiger partial charge in [0.2, 0.25) is 5.95 Å². The summed E-state index contributed by atoms with van der Waals surface area (Å²) in [7, 11) is 0. The van der Waals surface area contributed by atoms with Crippen molar-refractivity contribution in [2.24, 2.45) is 0 Å². The van der Waals surface area contributed by atoms with Crippen molar-refractivity contribution in [2.75, 3.05) is 18.0 Å². The van der Waals surface area contributed by atoms with Crippen LogP contribution in [0.25, 0.3) is 10.9 Å². The summed E-state index contributed by atoms with van der Waals surface area (Å²) < 4.78 is 1.72. The predicted octanol–water partition coefficient (Wildman–Crippen LogP) is 4.28. The zero-order chi connectivity index (χ0) is 22.5. The average Bonchev–Trinajstić information content (AvgIpc) is 3.35. The summed E-state index contributed by atoms with van der Waals surface area (Å²) in [5.74, 6) is 0.437. The van der Waals surface area contributed by atoms with Gasteiger partial charge >= 0.3 is 0 Å². The molecular formula is C25H26N4O2S. The number of carbonyl (C=O) groups is 1. The van der Waals surface area contributed by atoms with E-state index in [1.165, 1.54) is 0 Å². The Bertz CT molecular complexity index is 1260. The van der Waals surface area contributed by atoms with Gasteiger partial charge in [-0.2, -0.15) is 0 Å². The number of nitrogens with one attached hydrogen (secondary N) is 1. The van der Waals surface area contributed by atoms with Crippen LogP contribution in [0.3, 0.4) is 0 Å². The fraction of sp³-hybridized carbons (Fsp3) is 0.240. The molecule has 0 aliphatic carbocycles. The van der Waals surface area contributed by atoms with Crippen LogP contribution in [0, 0.1) is 0 Å². The molecule has 6 nitrogen and oxygen atoms in total. The van der Waals surface area contributed by atoms with Crippen LogP contribution in [0.2, 0.25) is 0 Å². The van der Waals surface area contributed by atoms with E-state index in [2.05, 4.69) is 10.2 Å².